The molecule has 4 amide bonds. The largest absolute Gasteiger partial charge is 0.457 e. The molecular weight excluding hydrogens is 578 g/mol. The van der Waals surface area contributed by atoms with Crippen LogP contribution in [0.15, 0.2) is 97.1 Å². The highest BCUT2D eigenvalue weighted by Gasteiger charge is 2.43. The lowest BCUT2D eigenvalue weighted by atomic mass is 10.0. The number of hydrogen-bond acceptors (Lipinski definition) is 5. The Morgan fingerprint density at radius 3 is 2.24 bits per heavy atom. The van der Waals surface area contributed by atoms with E-state index >= 15 is 0 Å². The van der Waals surface area contributed by atoms with Crippen molar-refractivity contribution in [2.24, 2.45) is 7.05 Å². The van der Waals surface area contributed by atoms with Crippen LogP contribution in [0, 0.1) is 6.92 Å². The molecule has 1 saturated heterocycles. The highest BCUT2D eigenvalue weighted by molar-refractivity contribution is 6.12. The average molecular weight is 616 g/mol. The summed E-state index contributed by atoms with van der Waals surface area (Å²) in [6, 6.07) is 28.9. The zero-order valence-electron chi connectivity index (χ0n) is 26.5. The topological polar surface area (TPSA) is 88.0 Å². The first-order chi connectivity index (χ1) is 22.3. The Morgan fingerprint density at radius 2 is 1.57 bits per heavy atom. The van der Waals surface area contributed by atoms with E-state index in [1.165, 1.54) is 9.80 Å². The Balaban J connectivity index is 1.31. The van der Waals surface area contributed by atoms with Gasteiger partial charge in [0.1, 0.15) is 29.9 Å². The molecule has 6 rings (SSSR count). The number of fused-ring (bicyclic) bond motifs is 1. The molecule has 46 heavy (non-hydrogen) atoms. The first kappa shape index (κ1) is 30.6. The average Bonchev–Trinajstić information content (AvgIpc) is 3.55. The maximum atomic E-state index is 14.1. The number of aromatic nitrogens is 2. The normalized spacial score (nSPS) is 13.8. The fourth-order valence-electron chi connectivity index (χ4n) is 5.96. The van der Waals surface area contributed by atoms with Crippen LogP contribution in [0.2, 0.25) is 0 Å². The Kier molecular flexibility index (Phi) is 8.57. The van der Waals surface area contributed by atoms with Crippen molar-refractivity contribution in [1.29, 1.82) is 0 Å². The summed E-state index contributed by atoms with van der Waals surface area (Å²) in [7, 11) is 1.91. The van der Waals surface area contributed by atoms with Crippen LogP contribution in [0.1, 0.15) is 47.2 Å². The summed E-state index contributed by atoms with van der Waals surface area (Å²) in [4.78, 5) is 50.2. The van der Waals surface area contributed by atoms with Crippen molar-refractivity contribution in [2.45, 2.75) is 33.2 Å². The van der Waals surface area contributed by atoms with E-state index in [1.807, 2.05) is 99.1 Å². The molecule has 1 aromatic heterocycles. The molecule has 4 aromatic carbocycles. The second-order valence-corrected chi connectivity index (χ2v) is 11.5. The van der Waals surface area contributed by atoms with Gasteiger partial charge in [-0.2, -0.15) is 0 Å². The predicted molar refractivity (Wildman–Crippen MR) is 178 cm³/mol. The van der Waals surface area contributed by atoms with E-state index in [-0.39, 0.29) is 18.4 Å². The lowest BCUT2D eigenvalue weighted by Crippen LogP contribution is -2.38. The van der Waals surface area contributed by atoms with Gasteiger partial charge in [0.15, 0.2) is 0 Å². The maximum Gasteiger partial charge on any atom is 0.332 e. The van der Waals surface area contributed by atoms with Crippen LogP contribution in [0.25, 0.3) is 11.0 Å². The molecule has 0 bridgehead atoms. The van der Waals surface area contributed by atoms with Crippen molar-refractivity contribution in [3.8, 4) is 11.5 Å². The quantitative estimate of drug-likeness (QED) is 0.159. The number of urea groups is 1. The van der Waals surface area contributed by atoms with E-state index in [2.05, 4.69) is 6.07 Å². The van der Waals surface area contributed by atoms with E-state index in [9.17, 15) is 14.4 Å². The summed E-state index contributed by atoms with van der Waals surface area (Å²) >= 11 is 0. The van der Waals surface area contributed by atoms with E-state index in [1.54, 1.807) is 29.2 Å². The molecule has 1 fully saturated rings. The Bertz CT molecular complexity index is 1880. The van der Waals surface area contributed by atoms with Gasteiger partial charge < -0.3 is 14.2 Å². The number of benzene rings is 4. The van der Waals surface area contributed by atoms with Gasteiger partial charge in [-0.15, -0.1) is 0 Å². The molecule has 0 N–H and O–H groups in total. The molecule has 1 aliphatic heterocycles. The van der Waals surface area contributed by atoms with Gasteiger partial charge in [0.25, 0.3) is 11.8 Å². The minimum absolute atomic E-state index is 0.0282. The lowest BCUT2D eigenvalue weighted by Gasteiger charge is -2.26. The molecule has 1 aliphatic rings. The Hall–Kier alpha value is -5.44. The van der Waals surface area contributed by atoms with Gasteiger partial charge in [-0.1, -0.05) is 36.4 Å². The van der Waals surface area contributed by atoms with Gasteiger partial charge >= 0.3 is 6.03 Å². The van der Waals surface area contributed by atoms with Gasteiger partial charge in [-0.3, -0.25) is 19.4 Å². The van der Waals surface area contributed by atoms with Gasteiger partial charge in [0.05, 0.1) is 11.0 Å². The second kappa shape index (κ2) is 12.9. The highest BCUT2D eigenvalue weighted by atomic mass is 16.5. The van der Waals surface area contributed by atoms with Gasteiger partial charge in [0.2, 0.25) is 0 Å². The number of carbonyl (C=O) groups is 3. The van der Waals surface area contributed by atoms with E-state index in [4.69, 9.17) is 9.72 Å². The number of rotatable bonds is 10. The van der Waals surface area contributed by atoms with Crippen LogP contribution in [0.5, 0.6) is 11.5 Å². The lowest BCUT2D eigenvalue weighted by molar-refractivity contribution is -0.126. The minimum Gasteiger partial charge on any atom is -0.457 e. The second-order valence-electron chi connectivity index (χ2n) is 11.5. The third-order valence-corrected chi connectivity index (χ3v) is 8.49. The van der Waals surface area contributed by atoms with Crippen molar-refractivity contribution in [1.82, 2.24) is 19.4 Å². The number of amides is 4. The summed E-state index contributed by atoms with van der Waals surface area (Å²) in [6.07, 6.45) is 0.338. The molecule has 2 heterocycles. The van der Waals surface area contributed by atoms with Crippen molar-refractivity contribution in [3.05, 3.63) is 120 Å². The van der Waals surface area contributed by atoms with E-state index in [0.717, 1.165) is 22.2 Å². The fraction of sp³-hybridized carbons (Fsp3) is 0.243. The van der Waals surface area contributed by atoms with Crippen LogP contribution >= 0.6 is 0 Å². The number of para-hydroxylation sites is 1. The molecule has 9 nitrogen and oxygen atoms in total. The van der Waals surface area contributed by atoms with Crippen LogP contribution < -0.4 is 9.64 Å². The summed E-state index contributed by atoms with van der Waals surface area (Å²) in [5.74, 6) is 1.61. The summed E-state index contributed by atoms with van der Waals surface area (Å²) < 4.78 is 7.87. The molecule has 234 valence electrons. The number of hydrogen-bond donors (Lipinski definition) is 0. The minimum atomic E-state index is -0.673. The van der Waals surface area contributed by atoms with Crippen molar-refractivity contribution < 1.29 is 19.1 Å². The first-order valence-electron chi connectivity index (χ1n) is 15.5. The molecule has 0 spiro atoms. The third-order valence-electron chi connectivity index (χ3n) is 8.49. The number of anilines is 1. The van der Waals surface area contributed by atoms with Crippen LogP contribution in [0.3, 0.4) is 0 Å². The van der Waals surface area contributed by atoms with Gasteiger partial charge in [0, 0.05) is 37.8 Å². The Morgan fingerprint density at radius 1 is 0.891 bits per heavy atom. The molecule has 0 unspecified atom stereocenters. The smallest absolute Gasteiger partial charge is 0.332 e. The van der Waals surface area contributed by atoms with Crippen LogP contribution in [-0.2, 0) is 18.3 Å². The molecule has 1 atom stereocenters. The summed E-state index contributed by atoms with van der Waals surface area (Å²) in [5.41, 5.74) is 4.88. The number of nitrogens with zero attached hydrogens (tertiary/aromatic N) is 5. The third kappa shape index (κ3) is 5.96. The molecule has 0 radical (unpaired) electrons. The number of imide groups is 1. The van der Waals surface area contributed by atoms with Crippen LogP contribution in [0.4, 0.5) is 10.5 Å². The van der Waals surface area contributed by atoms with E-state index in [0.29, 0.717) is 48.1 Å². The van der Waals surface area contributed by atoms with Crippen molar-refractivity contribution >= 4 is 34.6 Å². The van der Waals surface area contributed by atoms with E-state index < -0.39 is 12.1 Å². The first-order valence-corrected chi connectivity index (χ1v) is 15.5. The van der Waals surface area contributed by atoms with Crippen molar-refractivity contribution in [3.63, 3.8) is 0 Å². The molecule has 5 aromatic rings. The standard InChI is InChI=1S/C37H37N5O4/c1-5-40(6-2)36(44)27-15-13-26(14-16-27)23-33(35-38-31-21-12-25(3)22-32(31)39(35)4)42-34(43)24-41(37(42)45)28-17-19-30(20-18-28)46-29-10-8-7-9-11-29/h7-22,33H,5-6,23-24H2,1-4H3/t33-/m0/s1. The van der Waals surface area contributed by atoms with Gasteiger partial charge in [-0.05, 0) is 92.6 Å². The Labute approximate surface area is 268 Å². The van der Waals surface area contributed by atoms with Crippen molar-refractivity contribution in [2.75, 3.05) is 24.5 Å². The fourth-order valence-corrected chi connectivity index (χ4v) is 5.96. The number of aryl methyl sites for hydroxylation is 2. The number of imidazole rings is 1. The number of ether oxygens (including phenoxy) is 1. The zero-order chi connectivity index (χ0) is 32.4. The summed E-state index contributed by atoms with van der Waals surface area (Å²) in [6.45, 7) is 7.10. The van der Waals surface area contributed by atoms with Crippen LogP contribution in [-0.4, -0.2) is 56.8 Å². The zero-order valence-corrected chi connectivity index (χ0v) is 26.5. The molecule has 9 heteroatoms. The molecular formula is C37H37N5O4. The highest BCUT2D eigenvalue weighted by Crippen LogP contribution is 2.34. The molecule has 0 aliphatic carbocycles. The van der Waals surface area contributed by atoms with Gasteiger partial charge in [-0.25, -0.2) is 9.78 Å². The predicted octanol–water partition coefficient (Wildman–Crippen LogP) is 6.91. The maximum absolute atomic E-state index is 14.1. The monoisotopic (exact) mass is 615 g/mol. The summed E-state index contributed by atoms with van der Waals surface area (Å²) in [5, 5.41) is 0. The molecule has 0 saturated carbocycles. The number of carbonyl (C=O) groups excluding carboxylic acids is 3. The SMILES string of the molecule is CCN(CC)C(=O)c1ccc(C[C@@H](c2nc3ccc(C)cc3n2C)N2C(=O)CN(c3ccc(Oc4ccccc4)cc3)C2=O)cc1.